The molecule has 30 heavy (non-hydrogen) atoms. The van der Waals surface area contributed by atoms with Crippen molar-refractivity contribution in [1.29, 1.82) is 0 Å². The second-order valence-electron chi connectivity index (χ2n) is 8.16. The molecule has 2 aliphatic rings. The number of aliphatic hydroxyl groups excluding tert-OH is 4. The molecular formula is C23H25ClO6. The van der Waals surface area contributed by atoms with Gasteiger partial charge in [-0.05, 0) is 47.6 Å². The lowest BCUT2D eigenvalue weighted by atomic mass is 9.80. The Bertz CT molecular complexity index is 951. The molecule has 0 aromatic heterocycles. The van der Waals surface area contributed by atoms with Crippen LogP contribution in [-0.4, -0.2) is 55.6 Å². The zero-order valence-corrected chi connectivity index (χ0v) is 16.9. The van der Waals surface area contributed by atoms with Gasteiger partial charge >= 0.3 is 0 Å². The molecule has 7 heteroatoms. The molecule has 2 aromatic carbocycles. The zero-order valence-electron chi connectivity index (χ0n) is 16.2. The van der Waals surface area contributed by atoms with Crippen LogP contribution in [0.15, 0.2) is 48.5 Å². The summed E-state index contributed by atoms with van der Waals surface area (Å²) in [7, 11) is 0. The molecule has 1 saturated carbocycles. The Morgan fingerprint density at radius 2 is 1.60 bits per heavy atom. The summed E-state index contributed by atoms with van der Waals surface area (Å²) in [6.45, 7) is -0.411. The first-order valence-corrected chi connectivity index (χ1v) is 10.3. The molecule has 6 N–H and O–H groups in total. The van der Waals surface area contributed by atoms with Crippen LogP contribution in [0.1, 0.15) is 41.0 Å². The van der Waals surface area contributed by atoms with E-state index < -0.39 is 36.6 Å². The maximum absolute atomic E-state index is 10.9. The van der Waals surface area contributed by atoms with Crippen molar-refractivity contribution in [2.24, 2.45) is 5.92 Å². The maximum Gasteiger partial charge on any atom is 0.218 e. The predicted molar refractivity (Wildman–Crippen MR) is 112 cm³/mol. The maximum atomic E-state index is 10.9. The van der Waals surface area contributed by atoms with Crippen molar-refractivity contribution in [3.63, 3.8) is 0 Å². The number of halogens is 1. The number of hydrogen-bond donors (Lipinski definition) is 6. The largest absolute Gasteiger partial charge is 0.396 e. The molecule has 4 atom stereocenters. The van der Waals surface area contributed by atoms with Crippen molar-refractivity contribution >= 4 is 17.2 Å². The van der Waals surface area contributed by atoms with Gasteiger partial charge in [0.1, 0.15) is 12.2 Å². The van der Waals surface area contributed by atoms with Crippen LogP contribution in [0.4, 0.5) is 0 Å². The third-order valence-corrected chi connectivity index (χ3v) is 6.40. The van der Waals surface area contributed by atoms with E-state index in [1.807, 2.05) is 12.1 Å². The predicted octanol–water partition coefficient (Wildman–Crippen LogP) is 1.49. The molecule has 0 radical (unpaired) electrons. The number of benzene rings is 2. The van der Waals surface area contributed by atoms with Crippen molar-refractivity contribution in [2.45, 2.75) is 42.9 Å². The van der Waals surface area contributed by atoms with Gasteiger partial charge in [0, 0.05) is 22.1 Å². The summed E-state index contributed by atoms with van der Waals surface area (Å²) in [6, 6.07) is 11.6. The second kappa shape index (κ2) is 8.05. The van der Waals surface area contributed by atoms with Crippen LogP contribution in [0.3, 0.4) is 0 Å². The Balaban J connectivity index is 1.72. The minimum absolute atomic E-state index is 0.0232. The van der Waals surface area contributed by atoms with Crippen molar-refractivity contribution in [1.82, 2.24) is 0 Å². The van der Waals surface area contributed by atoms with Crippen molar-refractivity contribution in [3.05, 3.63) is 75.8 Å². The van der Waals surface area contributed by atoms with E-state index in [1.165, 1.54) is 18.2 Å². The molecule has 0 spiro atoms. The first kappa shape index (κ1) is 21.5. The van der Waals surface area contributed by atoms with Gasteiger partial charge in [0.15, 0.2) is 0 Å². The fourth-order valence-electron chi connectivity index (χ4n) is 4.01. The molecule has 4 rings (SSSR count). The first-order valence-electron chi connectivity index (χ1n) is 9.96. The molecular weight excluding hydrogens is 408 g/mol. The Hall–Kier alpha value is -1.77. The summed E-state index contributed by atoms with van der Waals surface area (Å²) in [5.74, 6) is -2.59. The van der Waals surface area contributed by atoms with Gasteiger partial charge in [0.25, 0.3) is 0 Å². The SMILES string of the molecule is OCC1C=C(c2ccc(Cl)c(C(O)(O)c3ccc(C4CC4)cc3)c2)C(O)C(O)C1O. The topological polar surface area (TPSA) is 121 Å². The Labute approximate surface area is 179 Å². The molecule has 0 aliphatic heterocycles. The summed E-state index contributed by atoms with van der Waals surface area (Å²) in [4.78, 5) is 0. The van der Waals surface area contributed by atoms with E-state index in [2.05, 4.69) is 0 Å². The van der Waals surface area contributed by atoms with Crippen LogP contribution in [0.5, 0.6) is 0 Å². The molecule has 1 fully saturated rings. The third kappa shape index (κ3) is 3.81. The van der Waals surface area contributed by atoms with Crippen LogP contribution in [0.25, 0.3) is 5.57 Å². The van der Waals surface area contributed by atoms with Crippen LogP contribution >= 0.6 is 11.6 Å². The van der Waals surface area contributed by atoms with Gasteiger partial charge in [-0.3, -0.25) is 0 Å². The summed E-state index contributed by atoms with van der Waals surface area (Å²) in [5.41, 5.74) is 2.11. The summed E-state index contributed by atoms with van der Waals surface area (Å²) in [5, 5.41) is 62.0. The minimum Gasteiger partial charge on any atom is -0.396 e. The number of aliphatic hydroxyl groups is 6. The minimum atomic E-state index is -2.37. The van der Waals surface area contributed by atoms with Crippen LogP contribution in [0, 0.1) is 5.92 Å². The van der Waals surface area contributed by atoms with Crippen LogP contribution in [0.2, 0.25) is 5.02 Å². The van der Waals surface area contributed by atoms with E-state index in [4.69, 9.17) is 11.6 Å². The fraction of sp³-hybridized carbons (Fsp3) is 0.391. The van der Waals surface area contributed by atoms with Crippen molar-refractivity contribution in [3.8, 4) is 0 Å². The Morgan fingerprint density at radius 1 is 0.933 bits per heavy atom. The average Bonchev–Trinajstić information content (AvgIpc) is 3.58. The van der Waals surface area contributed by atoms with Crippen molar-refractivity contribution < 1.29 is 30.6 Å². The highest BCUT2D eigenvalue weighted by molar-refractivity contribution is 6.31. The molecule has 0 bridgehead atoms. The Morgan fingerprint density at radius 3 is 2.20 bits per heavy atom. The van der Waals surface area contributed by atoms with Crippen molar-refractivity contribution in [2.75, 3.05) is 6.61 Å². The fourth-order valence-corrected chi connectivity index (χ4v) is 4.26. The van der Waals surface area contributed by atoms with E-state index in [0.29, 0.717) is 11.5 Å². The molecule has 2 aromatic rings. The van der Waals surface area contributed by atoms with Gasteiger partial charge in [0.2, 0.25) is 5.79 Å². The van der Waals surface area contributed by atoms with Crippen LogP contribution in [-0.2, 0) is 5.79 Å². The highest BCUT2D eigenvalue weighted by Crippen LogP contribution is 2.41. The second-order valence-corrected chi connectivity index (χ2v) is 8.56. The zero-order chi connectivity index (χ0) is 21.6. The van der Waals surface area contributed by atoms with E-state index >= 15 is 0 Å². The summed E-state index contributed by atoms with van der Waals surface area (Å²) >= 11 is 6.27. The molecule has 0 heterocycles. The molecule has 2 aliphatic carbocycles. The normalized spacial score (nSPS) is 27.1. The molecule has 160 valence electrons. The van der Waals surface area contributed by atoms with E-state index in [-0.39, 0.29) is 21.7 Å². The quantitative estimate of drug-likeness (QED) is 0.398. The van der Waals surface area contributed by atoms with E-state index in [0.717, 1.165) is 18.4 Å². The smallest absolute Gasteiger partial charge is 0.218 e. The first-order chi connectivity index (χ1) is 14.2. The standard InChI is InChI=1S/C23H25ClO6/c24-19-8-5-14(17-9-15(11-25)20(26)22(28)21(17)27)10-18(19)23(29,30)16-6-3-13(4-7-16)12-1-2-12/h3-10,12,15,20-22,25-30H,1-2,11H2. The van der Waals surface area contributed by atoms with Gasteiger partial charge in [-0.1, -0.05) is 48.0 Å². The summed E-state index contributed by atoms with van der Waals surface area (Å²) in [6.07, 6.45) is -0.422. The molecule has 0 saturated heterocycles. The van der Waals surface area contributed by atoms with Gasteiger partial charge in [-0.2, -0.15) is 0 Å². The van der Waals surface area contributed by atoms with Gasteiger partial charge < -0.3 is 30.6 Å². The lowest BCUT2D eigenvalue weighted by Crippen LogP contribution is -2.46. The van der Waals surface area contributed by atoms with E-state index in [9.17, 15) is 30.6 Å². The number of rotatable bonds is 5. The lowest BCUT2D eigenvalue weighted by molar-refractivity contribution is -0.132. The summed E-state index contributed by atoms with van der Waals surface area (Å²) < 4.78 is 0. The Kier molecular flexibility index (Phi) is 5.76. The highest BCUT2D eigenvalue weighted by Gasteiger charge is 2.38. The van der Waals surface area contributed by atoms with Gasteiger partial charge in [-0.25, -0.2) is 0 Å². The number of hydrogen-bond acceptors (Lipinski definition) is 6. The van der Waals surface area contributed by atoms with E-state index in [1.54, 1.807) is 18.2 Å². The van der Waals surface area contributed by atoms with Crippen LogP contribution < -0.4 is 0 Å². The molecule has 6 nitrogen and oxygen atoms in total. The third-order valence-electron chi connectivity index (χ3n) is 6.07. The average molecular weight is 433 g/mol. The highest BCUT2D eigenvalue weighted by atomic mass is 35.5. The molecule has 0 amide bonds. The lowest BCUT2D eigenvalue weighted by Gasteiger charge is -2.34. The molecule has 4 unspecified atom stereocenters. The van der Waals surface area contributed by atoms with Gasteiger partial charge in [0.05, 0.1) is 12.7 Å². The monoisotopic (exact) mass is 432 g/mol. The van der Waals surface area contributed by atoms with Gasteiger partial charge in [-0.15, -0.1) is 0 Å².